The predicted octanol–water partition coefficient (Wildman–Crippen LogP) is 6.09. The van der Waals surface area contributed by atoms with E-state index in [2.05, 4.69) is 11.4 Å². The van der Waals surface area contributed by atoms with Gasteiger partial charge in [0.25, 0.3) is 5.91 Å². The van der Waals surface area contributed by atoms with E-state index in [1.807, 2.05) is 81.4 Å². The Labute approximate surface area is 176 Å². The van der Waals surface area contributed by atoms with E-state index in [1.54, 1.807) is 7.11 Å². The van der Waals surface area contributed by atoms with Gasteiger partial charge in [0, 0.05) is 16.6 Å². The van der Waals surface area contributed by atoms with Crippen LogP contribution in [0.15, 0.2) is 66.7 Å². The van der Waals surface area contributed by atoms with E-state index < -0.39 is 0 Å². The highest BCUT2D eigenvalue weighted by Gasteiger charge is 2.19. The largest absolute Gasteiger partial charge is 0.497 e. The molecule has 4 nitrogen and oxygen atoms in total. The zero-order valence-corrected chi connectivity index (χ0v) is 17.6. The third kappa shape index (κ3) is 3.64. The summed E-state index contributed by atoms with van der Waals surface area (Å²) >= 11 is 0. The third-order valence-electron chi connectivity index (χ3n) is 5.36. The quantitative estimate of drug-likeness (QED) is 0.454. The number of carbonyl (C=O) groups is 1. The molecular formula is C26H24N2O2. The molecular weight excluding hydrogens is 372 g/mol. The molecule has 0 saturated heterocycles. The first-order valence-corrected chi connectivity index (χ1v) is 9.90. The summed E-state index contributed by atoms with van der Waals surface area (Å²) in [5.41, 5.74) is 7.04. The molecule has 0 atom stereocenters. The van der Waals surface area contributed by atoms with Gasteiger partial charge in [0.2, 0.25) is 0 Å². The second kappa shape index (κ2) is 7.99. The van der Waals surface area contributed by atoms with E-state index in [-0.39, 0.29) is 5.91 Å². The standard InChI is InChI=1S/C26H24N2O2/c1-16-9-14-22(17(2)15-16)28-26(29)24-18(3)25(19-10-12-20(30-4)13-11-19)27-23-8-6-5-7-21(23)24/h5-15H,1-4H3,(H,28,29). The SMILES string of the molecule is COc1ccc(-c2nc3ccccc3c(C(=O)Nc3ccc(C)cc3C)c2C)cc1. The van der Waals surface area contributed by atoms with Crippen LogP contribution in [0.5, 0.6) is 5.75 Å². The van der Waals surface area contributed by atoms with Gasteiger partial charge >= 0.3 is 0 Å². The fraction of sp³-hybridized carbons (Fsp3) is 0.154. The lowest BCUT2D eigenvalue weighted by molar-refractivity contribution is 0.102. The predicted molar refractivity (Wildman–Crippen MR) is 122 cm³/mol. The highest BCUT2D eigenvalue weighted by atomic mass is 16.5. The van der Waals surface area contributed by atoms with Crippen LogP contribution in [-0.4, -0.2) is 18.0 Å². The van der Waals surface area contributed by atoms with E-state index in [4.69, 9.17) is 9.72 Å². The van der Waals surface area contributed by atoms with E-state index in [1.165, 1.54) is 0 Å². The number of methoxy groups -OCH3 is 1. The van der Waals surface area contributed by atoms with Crippen LogP contribution in [0.3, 0.4) is 0 Å². The molecule has 30 heavy (non-hydrogen) atoms. The van der Waals surface area contributed by atoms with Crippen LogP contribution in [0.2, 0.25) is 0 Å². The van der Waals surface area contributed by atoms with Crippen molar-refractivity contribution in [2.24, 2.45) is 0 Å². The van der Waals surface area contributed by atoms with Gasteiger partial charge in [-0.1, -0.05) is 35.9 Å². The van der Waals surface area contributed by atoms with Crippen molar-refractivity contribution in [2.75, 3.05) is 12.4 Å². The molecule has 0 spiro atoms. The second-order valence-electron chi connectivity index (χ2n) is 7.48. The summed E-state index contributed by atoms with van der Waals surface area (Å²) in [6, 6.07) is 21.5. The van der Waals surface area contributed by atoms with Gasteiger partial charge in [0.05, 0.1) is 23.9 Å². The van der Waals surface area contributed by atoms with E-state index in [0.717, 1.165) is 50.3 Å². The minimum absolute atomic E-state index is 0.132. The van der Waals surface area contributed by atoms with Crippen molar-refractivity contribution in [3.8, 4) is 17.0 Å². The number of para-hydroxylation sites is 1. The number of nitrogens with one attached hydrogen (secondary N) is 1. The molecule has 1 heterocycles. The minimum Gasteiger partial charge on any atom is -0.497 e. The Morgan fingerprint density at radius 2 is 1.67 bits per heavy atom. The van der Waals surface area contributed by atoms with Gasteiger partial charge in [-0.25, -0.2) is 4.98 Å². The molecule has 0 unspecified atom stereocenters. The second-order valence-corrected chi connectivity index (χ2v) is 7.48. The zero-order chi connectivity index (χ0) is 21.3. The number of aryl methyl sites for hydroxylation is 2. The van der Waals surface area contributed by atoms with Gasteiger partial charge in [-0.15, -0.1) is 0 Å². The number of hydrogen-bond donors (Lipinski definition) is 1. The minimum atomic E-state index is -0.132. The smallest absolute Gasteiger partial charge is 0.256 e. The number of rotatable bonds is 4. The number of carbonyl (C=O) groups excluding carboxylic acids is 1. The molecule has 1 aromatic heterocycles. The molecule has 4 heteroatoms. The topological polar surface area (TPSA) is 51.2 Å². The molecule has 0 aliphatic carbocycles. The number of ether oxygens (including phenoxy) is 1. The van der Waals surface area contributed by atoms with Crippen LogP contribution in [0.1, 0.15) is 27.0 Å². The highest BCUT2D eigenvalue weighted by molar-refractivity contribution is 6.14. The lowest BCUT2D eigenvalue weighted by atomic mass is 9.97. The molecule has 4 rings (SSSR count). The number of hydrogen-bond acceptors (Lipinski definition) is 3. The first-order valence-electron chi connectivity index (χ1n) is 9.90. The van der Waals surface area contributed by atoms with Gasteiger partial charge in [-0.05, 0) is 68.3 Å². The number of anilines is 1. The summed E-state index contributed by atoms with van der Waals surface area (Å²) < 4.78 is 5.27. The van der Waals surface area contributed by atoms with Crippen LogP contribution < -0.4 is 10.1 Å². The normalized spacial score (nSPS) is 10.8. The van der Waals surface area contributed by atoms with E-state index >= 15 is 0 Å². The van der Waals surface area contributed by atoms with Crippen molar-refractivity contribution in [1.29, 1.82) is 0 Å². The maximum atomic E-state index is 13.4. The third-order valence-corrected chi connectivity index (χ3v) is 5.36. The fourth-order valence-corrected chi connectivity index (χ4v) is 3.77. The molecule has 0 bridgehead atoms. The highest BCUT2D eigenvalue weighted by Crippen LogP contribution is 2.31. The van der Waals surface area contributed by atoms with Crippen molar-refractivity contribution in [2.45, 2.75) is 20.8 Å². The Balaban J connectivity index is 1.85. The van der Waals surface area contributed by atoms with Crippen molar-refractivity contribution in [1.82, 2.24) is 4.98 Å². The van der Waals surface area contributed by atoms with Crippen LogP contribution in [0.25, 0.3) is 22.2 Å². The fourth-order valence-electron chi connectivity index (χ4n) is 3.77. The molecule has 150 valence electrons. The number of nitrogens with zero attached hydrogens (tertiary/aromatic N) is 1. The van der Waals surface area contributed by atoms with Crippen LogP contribution in [0.4, 0.5) is 5.69 Å². The van der Waals surface area contributed by atoms with Crippen molar-refractivity contribution in [3.63, 3.8) is 0 Å². The first kappa shape index (κ1) is 19.6. The Morgan fingerprint density at radius 1 is 0.933 bits per heavy atom. The maximum absolute atomic E-state index is 13.4. The van der Waals surface area contributed by atoms with Crippen molar-refractivity contribution in [3.05, 3.63) is 89.0 Å². The maximum Gasteiger partial charge on any atom is 0.256 e. The molecule has 1 amide bonds. The van der Waals surface area contributed by atoms with Gasteiger partial charge in [0.15, 0.2) is 0 Å². The molecule has 0 radical (unpaired) electrons. The Bertz CT molecular complexity index is 1240. The lowest BCUT2D eigenvalue weighted by Gasteiger charge is -2.16. The van der Waals surface area contributed by atoms with Gasteiger partial charge < -0.3 is 10.1 Å². The Hall–Kier alpha value is -3.66. The van der Waals surface area contributed by atoms with Crippen LogP contribution >= 0.6 is 0 Å². The first-order chi connectivity index (χ1) is 14.5. The molecule has 0 aliphatic heterocycles. The number of aromatic nitrogens is 1. The molecule has 3 aromatic carbocycles. The lowest BCUT2D eigenvalue weighted by Crippen LogP contribution is -2.16. The van der Waals surface area contributed by atoms with Gasteiger partial charge in [-0.2, -0.15) is 0 Å². The summed E-state index contributed by atoms with van der Waals surface area (Å²) in [7, 11) is 1.64. The van der Waals surface area contributed by atoms with E-state index in [9.17, 15) is 4.79 Å². The summed E-state index contributed by atoms with van der Waals surface area (Å²) in [4.78, 5) is 18.3. The summed E-state index contributed by atoms with van der Waals surface area (Å²) in [5.74, 6) is 0.651. The van der Waals surface area contributed by atoms with Gasteiger partial charge in [0.1, 0.15) is 5.75 Å². The molecule has 1 N–H and O–H groups in total. The van der Waals surface area contributed by atoms with Crippen molar-refractivity contribution < 1.29 is 9.53 Å². The number of benzene rings is 3. The summed E-state index contributed by atoms with van der Waals surface area (Å²) in [5, 5.41) is 3.94. The Morgan fingerprint density at radius 3 is 2.37 bits per heavy atom. The average Bonchev–Trinajstić information content (AvgIpc) is 2.75. The number of amides is 1. The number of fused-ring (bicyclic) bond motifs is 1. The molecule has 0 fully saturated rings. The summed E-state index contributed by atoms with van der Waals surface area (Å²) in [6.45, 7) is 6.00. The van der Waals surface area contributed by atoms with Gasteiger partial charge in [-0.3, -0.25) is 4.79 Å². The van der Waals surface area contributed by atoms with Crippen molar-refractivity contribution >= 4 is 22.5 Å². The number of pyridine rings is 1. The monoisotopic (exact) mass is 396 g/mol. The van der Waals surface area contributed by atoms with Crippen LogP contribution in [0, 0.1) is 20.8 Å². The van der Waals surface area contributed by atoms with Crippen LogP contribution in [-0.2, 0) is 0 Å². The zero-order valence-electron chi connectivity index (χ0n) is 17.6. The molecule has 0 aliphatic rings. The molecule has 4 aromatic rings. The molecule has 0 saturated carbocycles. The van der Waals surface area contributed by atoms with E-state index in [0.29, 0.717) is 5.56 Å². The average molecular weight is 396 g/mol. The summed E-state index contributed by atoms with van der Waals surface area (Å²) in [6.07, 6.45) is 0. The Kier molecular flexibility index (Phi) is 5.23.